The van der Waals surface area contributed by atoms with Crippen LogP contribution in [0.1, 0.15) is 21.7 Å². The number of nitrogens with zero attached hydrogens (tertiary/aromatic N) is 2. The summed E-state index contributed by atoms with van der Waals surface area (Å²) in [5.41, 5.74) is 2.96. The van der Waals surface area contributed by atoms with Gasteiger partial charge >= 0.3 is 0 Å². The van der Waals surface area contributed by atoms with Gasteiger partial charge in [-0.15, -0.1) is 0 Å². The molecule has 4 rings (SSSR count). The molecule has 7 heteroatoms. The number of ether oxygens (including phenoxy) is 2. The second-order valence-corrected chi connectivity index (χ2v) is 6.69. The van der Waals surface area contributed by atoms with Crippen LogP contribution in [0.15, 0.2) is 54.6 Å². The number of anilines is 2. The molecular formula is C22H22N4O3. The first-order valence-electron chi connectivity index (χ1n) is 9.52. The van der Waals surface area contributed by atoms with E-state index in [0.29, 0.717) is 48.6 Å². The molecule has 0 aliphatic carbocycles. The summed E-state index contributed by atoms with van der Waals surface area (Å²) < 4.78 is 11.1. The highest BCUT2D eigenvalue weighted by Gasteiger charge is 2.14. The molecule has 0 saturated carbocycles. The fourth-order valence-corrected chi connectivity index (χ4v) is 3.05. The van der Waals surface area contributed by atoms with Crippen LogP contribution in [-0.4, -0.2) is 35.6 Å². The van der Waals surface area contributed by atoms with Crippen LogP contribution in [0.25, 0.3) is 0 Å². The van der Waals surface area contributed by atoms with Crippen LogP contribution in [0.5, 0.6) is 11.5 Å². The van der Waals surface area contributed by atoms with Gasteiger partial charge in [0, 0.05) is 24.0 Å². The molecule has 7 nitrogen and oxygen atoms in total. The Morgan fingerprint density at radius 3 is 2.62 bits per heavy atom. The quantitative estimate of drug-likeness (QED) is 0.672. The van der Waals surface area contributed by atoms with Gasteiger partial charge in [-0.25, -0.2) is 9.97 Å². The van der Waals surface area contributed by atoms with E-state index < -0.39 is 0 Å². The van der Waals surface area contributed by atoms with Crippen molar-refractivity contribution in [3.63, 3.8) is 0 Å². The van der Waals surface area contributed by atoms with Gasteiger partial charge in [0.1, 0.15) is 18.9 Å². The third-order valence-corrected chi connectivity index (χ3v) is 4.43. The summed E-state index contributed by atoms with van der Waals surface area (Å²) in [6, 6.07) is 17.2. The molecule has 0 radical (unpaired) electrons. The lowest BCUT2D eigenvalue weighted by atomic mass is 10.1. The van der Waals surface area contributed by atoms with Crippen LogP contribution < -0.4 is 20.1 Å². The summed E-state index contributed by atoms with van der Waals surface area (Å²) in [7, 11) is 0. The molecule has 3 aromatic rings. The van der Waals surface area contributed by atoms with Gasteiger partial charge in [0.25, 0.3) is 5.91 Å². The summed E-state index contributed by atoms with van der Waals surface area (Å²) in [6.45, 7) is 3.43. The van der Waals surface area contributed by atoms with Crippen molar-refractivity contribution in [2.45, 2.75) is 13.3 Å². The Hall–Kier alpha value is -3.61. The monoisotopic (exact) mass is 390 g/mol. The van der Waals surface area contributed by atoms with Crippen LogP contribution in [0.3, 0.4) is 0 Å². The van der Waals surface area contributed by atoms with Crippen molar-refractivity contribution in [1.82, 2.24) is 15.3 Å². The van der Waals surface area contributed by atoms with Crippen molar-refractivity contribution in [2.75, 3.05) is 25.1 Å². The molecule has 0 saturated heterocycles. The highest BCUT2D eigenvalue weighted by Crippen LogP contribution is 2.33. The molecule has 0 atom stereocenters. The average molecular weight is 390 g/mol. The zero-order valence-electron chi connectivity index (χ0n) is 16.1. The van der Waals surface area contributed by atoms with E-state index in [1.807, 2.05) is 55.5 Å². The average Bonchev–Trinajstić information content (AvgIpc) is 2.74. The summed E-state index contributed by atoms with van der Waals surface area (Å²) in [5.74, 6) is 1.52. The predicted molar refractivity (Wildman–Crippen MR) is 110 cm³/mol. The molecule has 2 heterocycles. The molecule has 0 unspecified atom stereocenters. The van der Waals surface area contributed by atoms with Gasteiger partial charge in [-0.05, 0) is 37.1 Å². The Labute approximate surface area is 169 Å². The van der Waals surface area contributed by atoms with Crippen LogP contribution in [0.2, 0.25) is 0 Å². The normalized spacial score (nSPS) is 12.3. The number of hydrogen-bond donors (Lipinski definition) is 2. The van der Waals surface area contributed by atoms with E-state index in [1.165, 1.54) is 5.56 Å². The first kappa shape index (κ1) is 18.7. The van der Waals surface area contributed by atoms with E-state index in [2.05, 4.69) is 20.6 Å². The maximum absolute atomic E-state index is 12.5. The first-order chi connectivity index (χ1) is 14.2. The van der Waals surface area contributed by atoms with E-state index in [4.69, 9.17) is 9.47 Å². The number of rotatable bonds is 6. The SMILES string of the molecule is Cc1cc(C(=O)NCCc2ccccc2)nc(Nc2ccc3c(c2)OCCO3)n1. The maximum atomic E-state index is 12.5. The topological polar surface area (TPSA) is 85.4 Å². The highest BCUT2D eigenvalue weighted by molar-refractivity contribution is 5.92. The minimum Gasteiger partial charge on any atom is -0.486 e. The highest BCUT2D eigenvalue weighted by atomic mass is 16.6. The van der Waals surface area contributed by atoms with Crippen LogP contribution in [0, 0.1) is 6.92 Å². The number of carbonyl (C=O) groups is 1. The molecule has 1 aliphatic heterocycles. The van der Waals surface area contributed by atoms with Crippen molar-refractivity contribution in [1.29, 1.82) is 0 Å². The molecule has 148 valence electrons. The minimum atomic E-state index is -0.225. The van der Waals surface area contributed by atoms with E-state index in [1.54, 1.807) is 6.07 Å². The van der Waals surface area contributed by atoms with E-state index in [0.717, 1.165) is 12.1 Å². The summed E-state index contributed by atoms with van der Waals surface area (Å²) in [4.78, 5) is 21.3. The molecule has 1 aliphatic rings. The van der Waals surface area contributed by atoms with Gasteiger partial charge in [0.2, 0.25) is 5.95 Å². The standard InChI is InChI=1S/C22H22N4O3/c1-15-13-18(21(27)23-10-9-16-5-3-2-4-6-16)26-22(24-15)25-17-7-8-19-20(14-17)29-12-11-28-19/h2-8,13-14H,9-12H2,1H3,(H,23,27)(H,24,25,26). The lowest BCUT2D eigenvalue weighted by molar-refractivity contribution is 0.0949. The van der Waals surface area contributed by atoms with Crippen LogP contribution >= 0.6 is 0 Å². The number of carbonyl (C=O) groups excluding carboxylic acids is 1. The molecule has 0 spiro atoms. The molecule has 2 aromatic carbocycles. The van der Waals surface area contributed by atoms with Crippen molar-refractivity contribution < 1.29 is 14.3 Å². The van der Waals surface area contributed by atoms with Crippen molar-refractivity contribution in [2.24, 2.45) is 0 Å². The van der Waals surface area contributed by atoms with Gasteiger partial charge in [-0.3, -0.25) is 4.79 Å². The maximum Gasteiger partial charge on any atom is 0.270 e. The minimum absolute atomic E-state index is 0.225. The number of amides is 1. The van der Waals surface area contributed by atoms with Crippen molar-refractivity contribution in [3.8, 4) is 11.5 Å². The van der Waals surface area contributed by atoms with Gasteiger partial charge in [0.05, 0.1) is 0 Å². The first-order valence-corrected chi connectivity index (χ1v) is 9.52. The number of hydrogen-bond acceptors (Lipinski definition) is 6. The number of aromatic nitrogens is 2. The Bertz CT molecular complexity index is 1010. The second kappa shape index (κ2) is 8.60. The molecule has 29 heavy (non-hydrogen) atoms. The predicted octanol–water partition coefficient (Wildman–Crippen LogP) is 3.27. The largest absolute Gasteiger partial charge is 0.486 e. The Balaban J connectivity index is 1.42. The number of fused-ring (bicyclic) bond motifs is 1. The van der Waals surface area contributed by atoms with E-state index in [-0.39, 0.29) is 5.91 Å². The van der Waals surface area contributed by atoms with Crippen LogP contribution in [0.4, 0.5) is 11.6 Å². The number of aryl methyl sites for hydroxylation is 1. The van der Waals surface area contributed by atoms with Gasteiger partial charge in [-0.1, -0.05) is 30.3 Å². The summed E-state index contributed by atoms with van der Waals surface area (Å²) >= 11 is 0. The molecular weight excluding hydrogens is 368 g/mol. The second-order valence-electron chi connectivity index (χ2n) is 6.69. The van der Waals surface area contributed by atoms with Crippen molar-refractivity contribution in [3.05, 3.63) is 71.5 Å². The van der Waals surface area contributed by atoms with Gasteiger partial charge in [0.15, 0.2) is 11.5 Å². The fourth-order valence-electron chi connectivity index (χ4n) is 3.05. The lowest BCUT2D eigenvalue weighted by Crippen LogP contribution is -2.27. The Kier molecular flexibility index (Phi) is 5.56. The van der Waals surface area contributed by atoms with Gasteiger partial charge in [-0.2, -0.15) is 0 Å². The number of nitrogens with one attached hydrogen (secondary N) is 2. The van der Waals surface area contributed by atoms with E-state index in [9.17, 15) is 4.79 Å². The third kappa shape index (κ3) is 4.82. The zero-order valence-corrected chi connectivity index (χ0v) is 16.1. The van der Waals surface area contributed by atoms with Crippen molar-refractivity contribution >= 4 is 17.5 Å². The Morgan fingerprint density at radius 2 is 1.79 bits per heavy atom. The molecule has 0 fully saturated rings. The Morgan fingerprint density at radius 1 is 1.00 bits per heavy atom. The van der Waals surface area contributed by atoms with E-state index >= 15 is 0 Å². The smallest absolute Gasteiger partial charge is 0.270 e. The zero-order chi connectivity index (χ0) is 20.1. The molecule has 0 bridgehead atoms. The third-order valence-electron chi connectivity index (χ3n) is 4.43. The fraction of sp³-hybridized carbons (Fsp3) is 0.227. The van der Waals surface area contributed by atoms with Crippen LogP contribution in [-0.2, 0) is 6.42 Å². The molecule has 1 amide bonds. The number of benzene rings is 2. The summed E-state index contributed by atoms with van der Waals surface area (Å²) in [6.07, 6.45) is 0.763. The molecule has 1 aromatic heterocycles. The van der Waals surface area contributed by atoms with Gasteiger partial charge < -0.3 is 20.1 Å². The lowest BCUT2D eigenvalue weighted by Gasteiger charge is -2.19. The molecule has 2 N–H and O–H groups in total. The summed E-state index contributed by atoms with van der Waals surface area (Å²) in [5, 5.41) is 6.05.